The van der Waals surface area contributed by atoms with Crippen LogP contribution in [0.3, 0.4) is 0 Å². The lowest BCUT2D eigenvalue weighted by atomic mass is 10.1. The van der Waals surface area contributed by atoms with Crippen molar-refractivity contribution in [2.75, 3.05) is 19.5 Å². The van der Waals surface area contributed by atoms with Crippen LogP contribution >= 0.6 is 23.4 Å². The van der Waals surface area contributed by atoms with E-state index in [1.54, 1.807) is 42.1 Å². The van der Waals surface area contributed by atoms with Crippen LogP contribution in [0.2, 0.25) is 5.02 Å². The Bertz CT molecular complexity index is 728. The van der Waals surface area contributed by atoms with Gasteiger partial charge in [0.25, 0.3) is 0 Å². The molecule has 126 valence electrons. The molecule has 2 aromatic rings. The van der Waals surface area contributed by atoms with E-state index >= 15 is 0 Å². The van der Waals surface area contributed by atoms with Gasteiger partial charge in [0.15, 0.2) is 19.0 Å². The van der Waals surface area contributed by atoms with E-state index in [4.69, 9.17) is 21.1 Å². The van der Waals surface area contributed by atoms with E-state index in [-0.39, 0.29) is 19.0 Å². The van der Waals surface area contributed by atoms with Crippen molar-refractivity contribution in [3.05, 3.63) is 58.6 Å². The lowest BCUT2D eigenvalue weighted by molar-refractivity contribution is -0.144. The third-order valence-corrected chi connectivity index (χ3v) is 4.24. The number of ether oxygens (including phenoxy) is 2. The van der Waals surface area contributed by atoms with Crippen LogP contribution < -0.4 is 4.74 Å². The second-order valence-corrected chi connectivity index (χ2v) is 6.33. The lowest BCUT2D eigenvalue weighted by Gasteiger charge is -2.09. The van der Waals surface area contributed by atoms with Crippen LogP contribution in [0.25, 0.3) is 0 Å². The van der Waals surface area contributed by atoms with Crippen LogP contribution in [0.4, 0.5) is 0 Å². The number of carbonyl (C=O) groups is 2. The van der Waals surface area contributed by atoms with Crippen LogP contribution in [-0.2, 0) is 9.53 Å². The molecule has 0 aliphatic rings. The number of ketones is 1. The summed E-state index contributed by atoms with van der Waals surface area (Å²) in [6, 6.07) is 12.2. The molecule has 0 atom stereocenters. The molecular formula is C18H17ClO4S. The van der Waals surface area contributed by atoms with Gasteiger partial charge in [0, 0.05) is 15.5 Å². The van der Waals surface area contributed by atoms with Crippen LogP contribution in [0.5, 0.6) is 5.75 Å². The van der Waals surface area contributed by atoms with Crippen LogP contribution in [-0.4, -0.2) is 31.2 Å². The van der Waals surface area contributed by atoms with Crippen molar-refractivity contribution < 1.29 is 19.1 Å². The number of benzene rings is 2. The summed E-state index contributed by atoms with van der Waals surface area (Å²) in [5.41, 5.74) is 1.33. The van der Waals surface area contributed by atoms with Crippen molar-refractivity contribution in [3.8, 4) is 5.75 Å². The number of hydrogen-bond acceptors (Lipinski definition) is 5. The summed E-state index contributed by atoms with van der Waals surface area (Å²) in [4.78, 5) is 24.7. The Kier molecular flexibility index (Phi) is 6.70. The first kappa shape index (κ1) is 18.4. The summed E-state index contributed by atoms with van der Waals surface area (Å²) in [5.74, 6) is -0.299. The molecule has 0 N–H and O–H groups in total. The van der Waals surface area contributed by atoms with Gasteiger partial charge in [0.2, 0.25) is 0 Å². The fraction of sp³-hybridized carbons (Fsp3) is 0.222. The molecule has 0 spiro atoms. The van der Waals surface area contributed by atoms with Gasteiger partial charge in [-0.1, -0.05) is 23.7 Å². The van der Waals surface area contributed by atoms with E-state index in [1.165, 1.54) is 0 Å². The fourth-order valence-corrected chi connectivity index (χ4v) is 2.59. The van der Waals surface area contributed by atoms with Crippen molar-refractivity contribution in [2.24, 2.45) is 0 Å². The number of aryl methyl sites for hydroxylation is 1. The summed E-state index contributed by atoms with van der Waals surface area (Å²) in [7, 11) is 0. The summed E-state index contributed by atoms with van der Waals surface area (Å²) in [5, 5.41) is 0.598. The predicted molar refractivity (Wildman–Crippen MR) is 95.2 cm³/mol. The van der Waals surface area contributed by atoms with Gasteiger partial charge in [-0.15, -0.1) is 11.8 Å². The number of thioether (sulfide) groups is 1. The van der Waals surface area contributed by atoms with E-state index < -0.39 is 5.97 Å². The van der Waals surface area contributed by atoms with Gasteiger partial charge in [0.1, 0.15) is 5.75 Å². The SMILES string of the molecule is CSc1ccc(C(=O)COC(=O)COc2ccc(Cl)cc2C)cc1. The first-order valence-corrected chi connectivity index (χ1v) is 8.81. The minimum absolute atomic E-state index is 0.251. The van der Waals surface area contributed by atoms with Crippen molar-refractivity contribution in [2.45, 2.75) is 11.8 Å². The van der Waals surface area contributed by atoms with Crippen LogP contribution in [0.15, 0.2) is 47.4 Å². The molecule has 0 radical (unpaired) electrons. The van der Waals surface area contributed by atoms with Gasteiger partial charge >= 0.3 is 5.97 Å². The monoisotopic (exact) mass is 364 g/mol. The fourth-order valence-electron chi connectivity index (χ4n) is 1.96. The third kappa shape index (κ3) is 5.28. The van der Waals surface area contributed by atoms with Gasteiger partial charge in [-0.05, 0) is 49.1 Å². The van der Waals surface area contributed by atoms with Gasteiger partial charge in [-0.25, -0.2) is 4.79 Å². The predicted octanol–water partition coefficient (Wildman–Crippen LogP) is 4.18. The molecule has 24 heavy (non-hydrogen) atoms. The number of hydrogen-bond donors (Lipinski definition) is 0. The van der Waals surface area contributed by atoms with E-state index in [2.05, 4.69) is 0 Å². The normalized spacial score (nSPS) is 10.3. The molecule has 0 aromatic heterocycles. The maximum Gasteiger partial charge on any atom is 0.344 e. The highest BCUT2D eigenvalue weighted by Crippen LogP contribution is 2.21. The van der Waals surface area contributed by atoms with Gasteiger partial charge in [-0.3, -0.25) is 4.79 Å². The highest BCUT2D eigenvalue weighted by molar-refractivity contribution is 7.98. The maximum absolute atomic E-state index is 12.0. The Morgan fingerprint density at radius 1 is 1.08 bits per heavy atom. The summed E-state index contributed by atoms with van der Waals surface area (Å²) < 4.78 is 10.3. The molecule has 0 saturated heterocycles. The Balaban J connectivity index is 1.80. The Hall–Kier alpha value is -1.98. The highest BCUT2D eigenvalue weighted by Gasteiger charge is 2.11. The molecule has 0 aliphatic heterocycles. The number of rotatable bonds is 7. The summed E-state index contributed by atoms with van der Waals surface area (Å²) >= 11 is 7.45. The average molecular weight is 365 g/mol. The Labute approximate surface area is 150 Å². The number of carbonyl (C=O) groups excluding carboxylic acids is 2. The molecule has 0 fully saturated rings. The third-order valence-electron chi connectivity index (χ3n) is 3.26. The molecule has 2 aromatic carbocycles. The van der Waals surface area contributed by atoms with Crippen LogP contribution in [0.1, 0.15) is 15.9 Å². The first-order valence-electron chi connectivity index (χ1n) is 7.21. The molecule has 0 aliphatic carbocycles. The minimum Gasteiger partial charge on any atom is -0.482 e. The van der Waals surface area contributed by atoms with E-state index in [0.717, 1.165) is 10.5 Å². The maximum atomic E-state index is 12.0. The highest BCUT2D eigenvalue weighted by atomic mass is 35.5. The Morgan fingerprint density at radius 3 is 2.42 bits per heavy atom. The standard InChI is InChI=1S/C18H17ClO4S/c1-12-9-14(19)5-8-17(12)22-11-18(21)23-10-16(20)13-3-6-15(24-2)7-4-13/h3-9H,10-11H2,1-2H3. The second kappa shape index (κ2) is 8.76. The number of Topliss-reactive ketones (excluding diaryl/α,β-unsaturated/α-hetero) is 1. The van der Waals surface area contributed by atoms with Gasteiger partial charge < -0.3 is 9.47 Å². The van der Waals surface area contributed by atoms with E-state index in [0.29, 0.717) is 16.3 Å². The average Bonchev–Trinajstić information content (AvgIpc) is 2.59. The Morgan fingerprint density at radius 2 is 1.79 bits per heavy atom. The second-order valence-electron chi connectivity index (χ2n) is 5.01. The van der Waals surface area contributed by atoms with Crippen molar-refractivity contribution in [1.82, 2.24) is 0 Å². The van der Waals surface area contributed by atoms with Gasteiger partial charge in [0.05, 0.1) is 0 Å². The largest absolute Gasteiger partial charge is 0.482 e. The molecule has 0 amide bonds. The van der Waals surface area contributed by atoms with Crippen molar-refractivity contribution in [1.29, 1.82) is 0 Å². The van der Waals surface area contributed by atoms with Crippen molar-refractivity contribution >= 4 is 35.1 Å². The molecule has 0 saturated carbocycles. The van der Waals surface area contributed by atoms with Gasteiger partial charge in [-0.2, -0.15) is 0 Å². The lowest BCUT2D eigenvalue weighted by Crippen LogP contribution is -2.19. The molecular weight excluding hydrogens is 348 g/mol. The first-order chi connectivity index (χ1) is 11.5. The van der Waals surface area contributed by atoms with Crippen molar-refractivity contribution in [3.63, 3.8) is 0 Å². The zero-order valence-corrected chi connectivity index (χ0v) is 14.9. The van der Waals surface area contributed by atoms with E-state index in [9.17, 15) is 9.59 Å². The molecule has 6 heteroatoms. The quantitative estimate of drug-likeness (QED) is 0.419. The smallest absolute Gasteiger partial charge is 0.344 e. The molecule has 2 rings (SSSR count). The molecule has 4 nitrogen and oxygen atoms in total. The van der Waals surface area contributed by atoms with Crippen LogP contribution in [0, 0.1) is 6.92 Å². The molecule has 0 unspecified atom stereocenters. The molecule has 0 heterocycles. The zero-order valence-electron chi connectivity index (χ0n) is 13.4. The minimum atomic E-state index is -0.599. The topological polar surface area (TPSA) is 52.6 Å². The molecule has 0 bridgehead atoms. The van der Waals surface area contributed by atoms with E-state index in [1.807, 2.05) is 25.3 Å². The number of halogens is 1. The summed E-state index contributed by atoms with van der Waals surface area (Å²) in [6.07, 6.45) is 1.96. The number of esters is 1. The summed E-state index contributed by atoms with van der Waals surface area (Å²) in [6.45, 7) is 1.26. The zero-order chi connectivity index (χ0) is 17.5.